The van der Waals surface area contributed by atoms with Crippen LogP contribution >= 0.6 is 0 Å². The molecular formula is C47H54O8. The standard InChI is InChI=1S/C47H54O8/c1-43(2,3)52-39(48)31-17-13-29(14-18-31)27-47(28-30-15-19-32(20-16-30)40(49)53-44(4,5)6)37-25-33(41(50)54-45(7,8)9)21-23-35(37)36-24-22-34(26-38(36)47)42(51)55-46(10,11)12/h13-26H,27-28H2,1-12H3. The van der Waals surface area contributed by atoms with Crippen molar-refractivity contribution in [1.82, 2.24) is 0 Å². The van der Waals surface area contributed by atoms with Crippen LogP contribution in [0.2, 0.25) is 0 Å². The second kappa shape index (κ2) is 14.8. The van der Waals surface area contributed by atoms with Crippen LogP contribution in [-0.2, 0) is 37.2 Å². The summed E-state index contributed by atoms with van der Waals surface area (Å²) in [5, 5.41) is 0. The number of fused-ring (bicyclic) bond motifs is 3. The molecule has 55 heavy (non-hydrogen) atoms. The first-order valence-electron chi connectivity index (χ1n) is 18.7. The van der Waals surface area contributed by atoms with Crippen molar-refractivity contribution >= 4 is 23.9 Å². The first kappa shape index (κ1) is 40.9. The van der Waals surface area contributed by atoms with Crippen molar-refractivity contribution in [2.75, 3.05) is 0 Å². The summed E-state index contributed by atoms with van der Waals surface area (Å²) in [4.78, 5) is 53.0. The molecule has 5 rings (SSSR count). The van der Waals surface area contributed by atoms with Crippen LogP contribution in [-0.4, -0.2) is 46.3 Å². The molecule has 0 N–H and O–H groups in total. The summed E-state index contributed by atoms with van der Waals surface area (Å²) in [6.45, 7) is 22.0. The van der Waals surface area contributed by atoms with Gasteiger partial charge in [-0.2, -0.15) is 0 Å². The van der Waals surface area contributed by atoms with E-state index in [1.807, 2.05) is 132 Å². The maximum atomic E-state index is 13.6. The van der Waals surface area contributed by atoms with Gasteiger partial charge in [0, 0.05) is 5.41 Å². The molecule has 0 saturated heterocycles. The van der Waals surface area contributed by atoms with Gasteiger partial charge in [-0.3, -0.25) is 0 Å². The fourth-order valence-corrected chi connectivity index (χ4v) is 6.75. The SMILES string of the molecule is CC(C)(C)OC(=O)c1ccc(CC2(Cc3ccc(C(=O)OC(C)(C)C)cc3)c3cc(C(=O)OC(C)(C)C)ccc3-c3ccc(C(=O)OC(C)(C)C)cc32)cc1. The maximum absolute atomic E-state index is 13.6. The fraction of sp³-hybridized carbons (Fsp3) is 0.404. The van der Waals surface area contributed by atoms with Gasteiger partial charge >= 0.3 is 23.9 Å². The molecule has 0 amide bonds. The lowest BCUT2D eigenvalue weighted by Crippen LogP contribution is -2.32. The van der Waals surface area contributed by atoms with Gasteiger partial charge in [-0.1, -0.05) is 36.4 Å². The minimum atomic E-state index is -0.832. The van der Waals surface area contributed by atoms with Crippen LogP contribution in [0.5, 0.6) is 0 Å². The molecule has 0 saturated carbocycles. The molecule has 0 radical (unpaired) electrons. The van der Waals surface area contributed by atoms with E-state index in [9.17, 15) is 19.2 Å². The largest absolute Gasteiger partial charge is 0.456 e. The topological polar surface area (TPSA) is 105 Å². The number of benzene rings is 4. The minimum Gasteiger partial charge on any atom is -0.456 e. The molecule has 0 atom stereocenters. The average Bonchev–Trinajstić information content (AvgIpc) is 3.30. The Morgan fingerprint density at radius 2 is 0.655 bits per heavy atom. The third kappa shape index (κ3) is 10.1. The first-order chi connectivity index (χ1) is 25.3. The molecule has 0 aliphatic heterocycles. The van der Waals surface area contributed by atoms with Crippen molar-refractivity contribution in [3.8, 4) is 11.1 Å². The van der Waals surface area contributed by atoms with Crippen LogP contribution in [0.15, 0.2) is 84.9 Å². The number of carbonyl (C=O) groups is 4. The zero-order valence-electron chi connectivity index (χ0n) is 34.3. The summed E-state index contributed by atoms with van der Waals surface area (Å²) in [6, 6.07) is 26.0. The van der Waals surface area contributed by atoms with E-state index in [1.54, 1.807) is 36.4 Å². The van der Waals surface area contributed by atoms with Gasteiger partial charge in [0.1, 0.15) is 22.4 Å². The first-order valence-corrected chi connectivity index (χ1v) is 18.7. The van der Waals surface area contributed by atoms with E-state index >= 15 is 0 Å². The lowest BCUT2D eigenvalue weighted by atomic mass is 9.69. The predicted octanol–water partition coefficient (Wildman–Crippen LogP) is 10.3. The molecule has 0 bridgehead atoms. The summed E-state index contributed by atoms with van der Waals surface area (Å²) in [6.07, 6.45) is 0.871. The summed E-state index contributed by atoms with van der Waals surface area (Å²) in [5.74, 6) is -1.73. The van der Waals surface area contributed by atoms with Crippen LogP contribution in [0, 0.1) is 0 Å². The Morgan fingerprint density at radius 3 is 0.927 bits per heavy atom. The van der Waals surface area contributed by atoms with Gasteiger partial charge in [-0.15, -0.1) is 0 Å². The summed E-state index contributed by atoms with van der Waals surface area (Å²) >= 11 is 0. The Bertz CT molecular complexity index is 1940. The Morgan fingerprint density at radius 1 is 0.400 bits per heavy atom. The quantitative estimate of drug-likeness (QED) is 0.130. The van der Waals surface area contributed by atoms with Crippen LogP contribution in [0.4, 0.5) is 0 Å². The van der Waals surface area contributed by atoms with Crippen molar-refractivity contribution in [1.29, 1.82) is 0 Å². The molecule has 8 nitrogen and oxygen atoms in total. The molecule has 0 heterocycles. The normalized spacial score (nSPS) is 13.7. The molecule has 0 spiro atoms. The third-order valence-electron chi connectivity index (χ3n) is 8.82. The summed E-state index contributed by atoms with van der Waals surface area (Å²) in [7, 11) is 0. The number of carbonyl (C=O) groups excluding carboxylic acids is 4. The molecule has 8 heteroatoms. The zero-order valence-corrected chi connectivity index (χ0v) is 34.3. The van der Waals surface area contributed by atoms with Gasteiger partial charge in [0.2, 0.25) is 0 Å². The molecule has 0 unspecified atom stereocenters. The van der Waals surface area contributed by atoms with Gasteiger partial charge in [0.05, 0.1) is 22.3 Å². The Hall–Kier alpha value is -5.24. The number of esters is 4. The highest BCUT2D eigenvalue weighted by Gasteiger charge is 2.45. The second-order valence-corrected chi connectivity index (χ2v) is 18.4. The monoisotopic (exact) mass is 746 g/mol. The van der Waals surface area contributed by atoms with E-state index in [0.717, 1.165) is 33.4 Å². The van der Waals surface area contributed by atoms with E-state index in [-0.39, 0.29) is 0 Å². The average molecular weight is 747 g/mol. The minimum absolute atomic E-state index is 0.402. The van der Waals surface area contributed by atoms with Crippen LogP contribution in [0.3, 0.4) is 0 Å². The molecule has 1 aliphatic rings. The number of hydrogen-bond acceptors (Lipinski definition) is 8. The van der Waals surface area contributed by atoms with E-state index < -0.39 is 51.7 Å². The summed E-state index contributed by atoms with van der Waals surface area (Å²) in [5.41, 5.74) is 3.59. The molecule has 0 fully saturated rings. The number of rotatable bonds is 8. The highest BCUT2D eigenvalue weighted by Crippen LogP contribution is 2.53. The van der Waals surface area contributed by atoms with Crippen molar-refractivity contribution in [2.24, 2.45) is 0 Å². The zero-order chi connectivity index (χ0) is 40.7. The smallest absolute Gasteiger partial charge is 0.338 e. The predicted molar refractivity (Wildman–Crippen MR) is 214 cm³/mol. The highest BCUT2D eigenvalue weighted by molar-refractivity contribution is 5.95. The number of hydrogen-bond donors (Lipinski definition) is 0. The van der Waals surface area contributed by atoms with Gasteiger partial charge < -0.3 is 18.9 Å². The van der Waals surface area contributed by atoms with Crippen LogP contribution in [0.25, 0.3) is 11.1 Å². The lowest BCUT2D eigenvalue weighted by molar-refractivity contribution is 0.00569. The van der Waals surface area contributed by atoms with Crippen LogP contribution < -0.4 is 0 Å². The van der Waals surface area contributed by atoms with E-state index in [0.29, 0.717) is 35.1 Å². The molecule has 290 valence electrons. The van der Waals surface area contributed by atoms with Crippen molar-refractivity contribution in [2.45, 2.75) is 124 Å². The van der Waals surface area contributed by atoms with E-state index in [2.05, 4.69) is 0 Å². The van der Waals surface area contributed by atoms with Gasteiger partial charge in [0.15, 0.2) is 0 Å². The third-order valence-corrected chi connectivity index (χ3v) is 8.82. The fourth-order valence-electron chi connectivity index (χ4n) is 6.75. The maximum Gasteiger partial charge on any atom is 0.338 e. The van der Waals surface area contributed by atoms with Gasteiger partial charge in [0.25, 0.3) is 0 Å². The molecule has 4 aromatic rings. The Kier molecular flexibility index (Phi) is 11.0. The molecule has 0 aromatic heterocycles. The van der Waals surface area contributed by atoms with Crippen molar-refractivity contribution < 1.29 is 38.1 Å². The Balaban J connectivity index is 1.71. The van der Waals surface area contributed by atoms with Crippen molar-refractivity contribution in [3.63, 3.8) is 0 Å². The van der Waals surface area contributed by atoms with Crippen molar-refractivity contribution in [3.05, 3.63) is 129 Å². The van der Waals surface area contributed by atoms with E-state index in [4.69, 9.17) is 18.9 Å². The highest BCUT2D eigenvalue weighted by atomic mass is 16.6. The van der Waals surface area contributed by atoms with Gasteiger partial charge in [-0.05, 0) is 178 Å². The molecule has 4 aromatic carbocycles. The van der Waals surface area contributed by atoms with Gasteiger partial charge in [-0.25, -0.2) is 19.2 Å². The van der Waals surface area contributed by atoms with Crippen LogP contribution in [0.1, 0.15) is 147 Å². The number of ether oxygens (including phenoxy) is 4. The second-order valence-electron chi connectivity index (χ2n) is 18.4. The summed E-state index contributed by atoms with van der Waals surface area (Å²) < 4.78 is 22.9. The molecule has 1 aliphatic carbocycles. The molecular weight excluding hydrogens is 693 g/mol. The van der Waals surface area contributed by atoms with E-state index in [1.165, 1.54) is 0 Å². The Labute approximate surface area is 325 Å². The lowest BCUT2D eigenvalue weighted by Gasteiger charge is -2.34.